The summed E-state index contributed by atoms with van der Waals surface area (Å²) in [4.78, 5) is 0. The number of unbranched alkanes of at least 4 members (excludes halogenated alkanes) is 1. The van der Waals surface area contributed by atoms with E-state index in [0.29, 0.717) is 6.04 Å². The minimum absolute atomic E-state index is 0.459. The molecule has 2 unspecified atom stereocenters. The SMILES string of the molecule is CCCCC(CC)CC(NCC)c1cn(C)nc1C. The Hall–Kier alpha value is -0.830. The Morgan fingerprint density at radius 3 is 2.53 bits per heavy atom. The van der Waals surface area contributed by atoms with Crippen molar-refractivity contribution in [3.05, 3.63) is 17.5 Å². The Labute approximate surface area is 118 Å². The van der Waals surface area contributed by atoms with Crippen LogP contribution in [0.15, 0.2) is 6.20 Å². The summed E-state index contributed by atoms with van der Waals surface area (Å²) in [5.41, 5.74) is 2.54. The summed E-state index contributed by atoms with van der Waals surface area (Å²) in [6.07, 6.45) is 8.69. The van der Waals surface area contributed by atoms with Crippen LogP contribution in [-0.4, -0.2) is 16.3 Å². The van der Waals surface area contributed by atoms with Gasteiger partial charge in [-0.25, -0.2) is 0 Å². The molecule has 110 valence electrons. The molecule has 0 aliphatic rings. The zero-order valence-corrected chi connectivity index (χ0v) is 13.4. The first kappa shape index (κ1) is 16.2. The molecule has 3 heteroatoms. The Morgan fingerprint density at radius 1 is 1.32 bits per heavy atom. The van der Waals surface area contributed by atoms with E-state index >= 15 is 0 Å². The Kier molecular flexibility index (Phi) is 7.14. The van der Waals surface area contributed by atoms with Crippen LogP contribution in [-0.2, 0) is 7.05 Å². The highest BCUT2D eigenvalue weighted by Gasteiger charge is 2.19. The fourth-order valence-corrected chi connectivity index (χ4v) is 2.84. The van der Waals surface area contributed by atoms with Crippen molar-refractivity contribution in [1.82, 2.24) is 15.1 Å². The van der Waals surface area contributed by atoms with Crippen LogP contribution in [0.1, 0.15) is 70.2 Å². The van der Waals surface area contributed by atoms with E-state index < -0.39 is 0 Å². The number of aromatic nitrogens is 2. The van der Waals surface area contributed by atoms with Crippen molar-refractivity contribution in [2.45, 2.75) is 65.8 Å². The smallest absolute Gasteiger partial charge is 0.0641 e. The zero-order valence-electron chi connectivity index (χ0n) is 13.4. The molecule has 0 amide bonds. The van der Waals surface area contributed by atoms with E-state index in [0.717, 1.165) is 12.5 Å². The first-order chi connectivity index (χ1) is 9.12. The third-order valence-electron chi connectivity index (χ3n) is 3.99. The lowest BCUT2D eigenvalue weighted by Gasteiger charge is -2.23. The van der Waals surface area contributed by atoms with Crippen LogP contribution in [0.25, 0.3) is 0 Å². The van der Waals surface area contributed by atoms with Gasteiger partial charge in [-0.05, 0) is 25.8 Å². The molecule has 1 N–H and O–H groups in total. The predicted octanol–water partition coefficient (Wildman–Crippen LogP) is 3.99. The minimum atomic E-state index is 0.459. The molecule has 3 nitrogen and oxygen atoms in total. The Bertz CT molecular complexity index is 357. The first-order valence-corrected chi connectivity index (χ1v) is 7.85. The number of nitrogens with one attached hydrogen (secondary N) is 1. The maximum absolute atomic E-state index is 4.49. The first-order valence-electron chi connectivity index (χ1n) is 7.85. The van der Waals surface area contributed by atoms with Gasteiger partial charge in [0.1, 0.15) is 0 Å². The summed E-state index contributed by atoms with van der Waals surface area (Å²) in [7, 11) is 2.01. The standard InChI is InChI=1S/C16H31N3/c1-6-9-10-14(7-2)11-16(17-8-3)15-12-19(5)18-13(15)4/h12,14,16-17H,6-11H2,1-5H3. The fourth-order valence-electron chi connectivity index (χ4n) is 2.84. The van der Waals surface area contributed by atoms with Gasteiger partial charge in [-0.3, -0.25) is 4.68 Å². The number of hydrogen-bond donors (Lipinski definition) is 1. The molecule has 0 aliphatic carbocycles. The zero-order chi connectivity index (χ0) is 14.3. The topological polar surface area (TPSA) is 29.9 Å². The lowest BCUT2D eigenvalue weighted by molar-refractivity contribution is 0.356. The van der Waals surface area contributed by atoms with Crippen LogP contribution in [0, 0.1) is 12.8 Å². The summed E-state index contributed by atoms with van der Waals surface area (Å²) in [6, 6.07) is 0.459. The highest BCUT2D eigenvalue weighted by molar-refractivity contribution is 5.20. The molecule has 0 spiro atoms. The molecule has 0 aliphatic heterocycles. The van der Waals surface area contributed by atoms with E-state index in [4.69, 9.17) is 0 Å². The van der Waals surface area contributed by atoms with E-state index in [1.165, 1.54) is 43.4 Å². The van der Waals surface area contributed by atoms with Gasteiger partial charge in [0.25, 0.3) is 0 Å². The van der Waals surface area contributed by atoms with Crippen LogP contribution in [0.5, 0.6) is 0 Å². The molecule has 0 saturated carbocycles. The third-order valence-corrected chi connectivity index (χ3v) is 3.99. The number of rotatable bonds is 9. The molecule has 1 aromatic rings. The summed E-state index contributed by atoms with van der Waals surface area (Å²) < 4.78 is 1.93. The van der Waals surface area contributed by atoms with E-state index in [9.17, 15) is 0 Å². The van der Waals surface area contributed by atoms with Crippen LogP contribution in [0.4, 0.5) is 0 Å². The molecule has 0 aromatic carbocycles. The maximum atomic E-state index is 4.49. The largest absolute Gasteiger partial charge is 0.310 e. The fraction of sp³-hybridized carbons (Fsp3) is 0.812. The van der Waals surface area contributed by atoms with Crippen molar-refractivity contribution >= 4 is 0 Å². The molecule has 0 radical (unpaired) electrons. The molecule has 19 heavy (non-hydrogen) atoms. The van der Waals surface area contributed by atoms with E-state index in [1.807, 2.05) is 11.7 Å². The second-order valence-electron chi connectivity index (χ2n) is 5.61. The van der Waals surface area contributed by atoms with Crippen molar-refractivity contribution in [2.75, 3.05) is 6.54 Å². The molecule has 2 atom stereocenters. The highest BCUT2D eigenvalue weighted by atomic mass is 15.3. The van der Waals surface area contributed by atoms with Crippen molar-refractivity contribution in [3.63, 3.8) is 0 Å². The monoisotopic (exact) mass is 265 g/mol. The van der Waals surface area contributed by atoms with Gasteiger partial charge in [0, 0.05) is 24.8 Å². The van der Waals surface area contributed by atoms with Crippen molar-refractivity contribution in [3.8, 4) is 0 Å². The Balaban J connectivity index is 2.73. The molecule has 1 heterocycles. The molecule has 1 rings (SSSR count). The summed E-state index contributed by atoms with van der Waals surface area (Å²) in [6.45, 7) is 9.92. The number of hydrogen-bond acceptors (Lipinski definition) is 2. The van der Waals surface area contributed by atoms with Crippen LogP contribution in [0.3, 0.4) is 0 Å². The van der Waals surface area contributed by atoms with Crippen molar-refractivity contribution in [2.24, 2.45) is 13.0 Å². The molecular weight excluding hydrogens is 234 g/mol. The lowest BCUT2D eigenvalue weighted by atomic mass is 9.89. The van der Waals surface area contributed by atoms with Gasteiger partial charge >= 0.3 is 0 Å². The summed E-state index contributed by atoms with van der Waals surface area (Å²) in [5, 5.41) is 8.13. The number of aryl methyl sites for hydroxylation is 2. The normalized spacial score (nSPS) is 14.6. The van der Waals surface area contributed by atoms with Gasteiger partial charge in [0.05, 0.1) is 5.69 Å². The molecule has 1 aromatic heterocycles. The Morgan fingerprint density at radius 2 is 2.05 bits per heavy atom. The van der Waals surface area contributed by atoms with Gasteiger partial charge in [0.15, 0.2) is 0 Å². The number of nitrogens with zero attached hydrogens (tertiary/aromatic N) is 2. The van der Waals surface area contributed by atoms with Crippen LogP contribution in [0.2, 0.25) is 0 Å². The minimum Gasteiger partial charge on any atom is -0.310 e. The van der Waals surface area contributed by atoms with Crippen LogP contribution >= 0.6 is 0 Å². The molecule has 0 fully saturated rings. The second kappa shape index (κ2) is 8.36. The van der Waals surface area contributed by atoms with Gasteiger partial charge in [-0.2, -0.15) is 5.10 Å². The third kappa shape index (κ3) is 4.98. The van der Waals surface area contributed by atoms with E-state index in [1.54, 1.807) is 0 Å². The summed E-state index contributed by atoms with van der Waals surface area (Å²) in [5.74, 6) is 0.823. The van der Waals surface area contributed by atoms with Gasteiger partial charge in [-0.15, -0.1) is 0 Å². The molecule has 0 bridgehead atoms. The maximum Gasteiger partial charge on any atom is 0.0641 e. The average Bonchev–Trinajstić information content (AvgIpc) is 2.72. The van der Waals surface area contributed by atoms with Crippen molar-refractivity contribution in [1.29, 1.82) is 0 Å². The van der Waals surface area contributed by atoms with Gasteiger partial charge in [-0.1, -0.05) is 46.5 Å². The second-order valence-corrected chi connectivity index (χ2v) is 5.61. The highest BCUT2D eigenvalue weighted by Crippen LogP contribution is 2.28. The van der Waals surface area contributed by atoms with E-state index in [2.05, 4.69) is 44.3 Å². The summed E-state index contributed by atoms with van der Waals surface area (Å²) >= 11 is 0. The molecule has 0 saturated heterocycles. The van der Waals surface area contributed by atoms with E-state index in [-0.39, 0.29) is 0 Å². The van der Waals surface area contributed by atoms with Crippen LogP contribution < -0.4 is 5.32 Å². The molecular formula is C16H31N3. The lowest BCUT2D eigenvalue weighted by Crippen LogP contribution is -2.24. The average molecular weight is 265 g/mol. The predicted molar refractivity (Wildman–Crippen MR) is 82.3 cm³/mol. The van der Waals surface area contributed by atoms with Crippen molar-refractivity contribution < 1.29 is 0 Å². The van der Waals surface area contributed by atoms with Gasteiger partial charge in [0.2, 0.25) is 0 Å². The quantitative estimate of drug-likeness (QED) is 0.732. The van der Waals surface area contributed by atoms with Gasteiger partial charge < -0.3 is 5.32 Å².